The second kappa shape index (κ2) is 21.2. The largest absolute Gasteiger partial charge is 0.455 e. The highest BCUT2D eigenvalue weighted by Gasteiger charge is 2.56. The van der Waals surface area contributed by atoms with Crippen molar-refractivity contribution < 1.29 is 8.83 Å². The number of hydrogen-bond donors (Lipinski definition) is 0. The lowest BCUT2D eigenvalue weighted by atomic mass is 9.67. The average Bonchev–Trinajstić information content (AvgIpc) is 1.46. The van der Waals surface area contributed by atoms with Crippen LogP contribution in [0.1, 0.15) is 34.2 Å². The number of anilines is 5. The SMILES string of the molecule is C[Si]1(C)c2ccccc2C2(c3ccccc31)c1cc(N(c3ccc(-c4ccccc4)cc3)c3ccc(-c4ccccc4)cc3)c3c(oc4ccccc43)c1-c1c2cc(N(c2ccc(-c3ccccc3)cc2)C2C=CC(c3ccccc3)=CC2)c2c1oc1ccccc12. The molecule has 0 fully saturated rings. The van der Waals surface area contributed by atoms with Crippen LogP contribution < -0.4 is 20.2 Å². The number of benzene rings is 13. The van der Waals surface area contributed by atoms with Crippen LogP contribution in [-0.2, 0) is 5.41 Å². The van der Waals surface area contributed by atoms with Gasteiger partial charge in [0.15, 0.2) is 0 Å². The molecular weight excluding hydrogens is 1130 g/mol. The summed E-state index contributed by atoms with van der Waals surface area (Å²) in [7, 11) is -2.40. The van der Waals surface area contributed by atoms with E-state index in [1.165, 1.54) is 60.5 Å². The quantitative estimate of drug-likeness (QED) is 0.128. The molecule has 0 bridgehead atoms. The van der Waals surface area contributed by atoms with Crippen molar-refractivity contribution in [1.82, 2.24) is 0 Å². The predicted octanol–water partition coefficient (Wildman–Crippen LogP) is 22.0. The van der Waals surface area contributed by atoms with Gasteiger partial charge in [-0.25, -0.2) is 0 Å². The molecule has 436 valence electrons. The first-order valence-electron chi connectivity index (χ1n) is 32.1. The fraction of sp³-hybridized carbons (Fsp3) is 0.0575. The van der Waals surface area contributed by atoms with Gasteiger partial charge >= 0.3 is 0 Å². The molecule has 0 saturated heterocycles. The van der Waals surface area contributed by atoms with E-state index in [1.54, 1.807) is 0 Å². The Morgan fingerprint density at radius 1 is 0.370 bits per heavy atom. The number of furan rings is 2. The number of para-hydroxylation sites is 2. The summed E-state index contributed by atoms with van der Waals surface area (Å²) in [5, 5.41) is 7.05. The Hall–Kier alpha value is -11.2. The maximum absolute atomic E-state index is 7.70. The zero-order chi connectivity index (χ0) is 61.1. The molecule has 1 unspecified atom stereocenters. The van der Waals surface area contributed by atoms with Gasteiger partial charge in [0.25, 0.3) is 0 Å². The van der Waals surface area contributed by atoms with Gasteiger partial charge in [0.1, 0.15) is 30.4 Å². The summed E-state index contributed by atoms with van der Waals surface area (Å²) >= 11 is 0. The number of nitrogens with zero attached hydrogens (tertiary/aromatic N) is 2. The molecule has 0 saturated carbocycles. The minimum Gasteiger partial charge on any atom is -0.455 e. The van der Waals surface area contributed by atoms with Gasteiger partial charge in [-0.05, 0) is 144 Å². The van der Waals surface area contributed by atoms with Crippen LogP contribution in [0.3, 0.4) is 0 Å². The van der Waals surface area contributed by atoms with Gasteiger partial charge in [0.2, 0.25) is 0 Å². The van der Waals surface area contributed by atoms with Gasteiger partial charge in [0, 0.05) is 39.0 Å². The Labute approximate surface area is 536 Å². The first-order chi connectivity index (χ1) is 45.4. The van der Waals surface area contributed by atoms with Gasteiger partial charge < -0.3 is 18.6 Å². The van der Waals surface area contributed by atoms with E-state index in [2.05, 4.69) is 344 Å². The van der Waals surface area contributed by atoms with E-state index in [0.717, 1.165) is 107 Å². The van der Waals surface area contributed by atoms with E-state index in [4.69, 9.17) is 8.83 Å². The highest BCUT2D eigenvalue weighted by molar-refractivity contribution is 7.01. The smallest absolute Gasteiger partial charge is 0.145 e. The van der Waals surface area contributed by atoms with Gasteiger partial charge in [0.05, 0.1) is 33.6 Å². The van der Waals surface area contributed by atoms with Crippen molar-refractivity contribution in [2.45, 2.75) is 31.0 Å². The van der Waals surface area contributed by atoms with Crippen molar-refractivity contribution in [3.63, 3.8) is 0 Å². The second-order valence-corrected chi connectivity index (χ2v) is 29.7. The molecule has 1 atom stereocenters. The highest BCUT2D eigenvalue weighted by Crippen LogP contribution is 2.65. The van der Waals surface area contributed by atoms with Crippen LogP contribution in [0.15, 0.2) is 330 Å². The second-order valence-electron chi connectivity index (χ2n) is 25.3. The Kier molecular flexibility index (Phi) is 12.4. The molecule has 13 aromatic carbocycles. The van der Waals surface area contributed by atoms with E-state index in [0.29, 0.717) is 0 Å². The molecule has 0 radical (unpaired) electrons. The number of hydrogen-bond acceptors (Lipinski definition) is 4. The van der Waals surface area contributed by atoms with Crippen LogP contribution in [0.4, 0.5) is 28.4 Å². The minimum absolute atomic E-state index is 0.0688. The molecule has 3 heterocycles. The van der Waals surface area contributed by atoms with Crippen LogP contribution in [0.25, 0.3) is 94.0 Å². The molecular formula is C87H62N2O2Si. The van der Waals surface area contributed by atoms with Gasteiger partial charge in [-0.3, -0.25) is 0 Å². The molecule has 2 aromatic heterocycles. The molecule has 4 nitrogen and oxygen atoms in total. The third-order valence-corrected chi connectivity index (χ3v) is 23.6. The topological polar surface area (TPSA) is 32.8 Å². The van der Waals surface area contributed by atoms with Crippen LogP contribution >= 0.6 is 0 Å². The van der Waals surface area contributed by atoms with E-state index in [-0.39, 0.29) is 6.04 Å². The third kappa shape index (κ3) is 8.22. The molecule has 2 aliphatic carbocycles. The van der Waals surface area contributed by atoms with Crippen molar-refractivity contribution in [3.8, 4) is 44.5 Å². The molecule has 15 aromatic rings. The van der Waals surface area contributed by atoms with E-state index < -0.39 is 13.5 Å². The van der Waals surface area contributed by atoms with Crippen molar-refractivity contribution in [1.29, 1.82) is 0 Å². The lowest BCUT2D eigenvalue weighted by Gasteiger charge is -2.46. The van der Waals surface area contributed by atoms with Crippen molar-refractivity contribution in [2.24, 2.45) is 0 Å². The Balaban J connectivity index is 0.971. The summed E-state index contributed by atoms with van der Waals surface area (Å²) in [5.74, 6) is 0. The van der Waals surface area contributed by atoms with Gasteiger partial charge in [-0.1, -0.05) is 274 Å². The molecule has 0 amide bonds. The highest BCUT2D eigenvalue weighted by atomic mass is 28.3. The summed E-state index contributed by atoms with van der Waals surface area (Å²) in [5.41, 5.74) is 24.3. The van der Waals surface area contributed by atoms with Gasteiger partial charge in [-0.15, -0.1) is 0 Å². The molecule has 3 aliphatic rings. The lowest BCUT2D eigenvalue weighted by Crippen LogP contribution is -2.63. The maximum atomic E-state index is 7.70. The number of fused-ring (bicyclic) bond motifs is 17. The molecule has 0 N–H and O–H groups in total. The zero-order valence-electron chi connectivity index (χ0n) is 51.1. The van der Waals surface area contributed by atoms with Gasteiger partial charge in [-0.2, -0.15) is 0 Å². The standard InChI is InChI=1S/C87H62N2O2Si/c1-92(2)79-37-21-17-33-71(79)87(72-34-18-22-38-80(72)92)73-55-75(88(65-47-39-61(40-48-65)57-23-7-3-8-24-57)66-49-41-62(42-50-66)58-25-9-4-10-26-58)81-69-31-15-19-35-77(69)90-85(81)83(73)84-74(87)56-76(82-70-32-16-20-36-78(70)91-86(82)84)89(67-51-43-63(44-52-67)59-27-11-5-12-28-59)68-53-45-64(46-54-68)60-29-13-6-14-30-60/h3-53,55-56,68H,54H2,1-2H3. The maximum Gasteiger partial charge on any atom is 0.145 e. The fourth-order valence-corrected chi connectivity index (χ4v) is 19.0. The fourth-order valence-electron chi connectivity index (χ4n) is 15.8. The van der Waals surface area contributed by atoms with E-state index in [9.17, 15) is 0 Å². The Morgan fingerprint density at radius 2 is 0.750 bits per heavy atom. The van der Waals surface area contributed by atoms with Crippen LogP contribution in [0.5, 0.6) is 0 Å². The summed E-state index contributed by atoms with van der Waals surface area (Å²) < 4.78 is 15.4. The first-order valence-corrected chi connectivity index (χ1v) is 35.1. The number of allylic oxidation sites excluding steroid dienone is 2. The summed E-state index contributed by atoms with van der Waals surface area (Å²) in [4.78, 5) is 5.10. The molecule has 5 heteroatoms. The minimum atomic E-state index is -2.40. The number of rotatable bonds is 10. The van der Waals surface area contributed by atoms with Crippen molar-refractivity contribution >= 4 is 96.3 Å². The third-order valence-electron chi connectivity index (χ3n) is 20.1. The summed E-state index contributed by atoms with van der Waals surface area (Å²) in [6.45, 7) is 5.09. The van der Waals surface area contributed by atoms with E-state index in [1.807, 2.05) is 0 Å². The predicted molar refractivity (Wildman–Crippen MR) is 387 cm³/mol. The molecule has 18 rings (SSSR count). The average molecular weight is 1200 g/mol. The first kappa shape index (κ1) is 53.8. The molecule has 92 heavy (non-hydrogen) atoms. The van der Waals surface area contributed by atoms with Crippen LogP contribution in [0.2, 0.25) is 13.1 Å². The lowest BCUT2D eigenvalue weighted by molar-refractivity contribution is 0.665. The van der Waals surface area contributed by atoms with Crippen molar-refractivity contribution in [3.05, 3.63) is 349 Å². The van der Waals surface area contributed by atoms with Crippen LogP contribution in [0, 0.1) is 0 Å². The normalized spacial score (nSPS) is 14.9. The molecule has 1 spiro atoms. The Bertz CT molecular complexity index is 5300. The summed E-state index contributed by atoms with van der Waals surface area (Å²) in [6, 6.07) is 112. The summed E-state index contributed by atoms with van der Waals surface area (Å²) in [6.07, 6.45) is 7.97. The van der Waals surface area contributed by atoms with E-state index >= 15 is 0 Å². The zero-order valence-corrected chi connectivity index (χ0v) is 52.1. The monoisotopic (exact) mass is 1190 g/mol. The Morgan fingerprint density at radius 3 is 1.21 bits per heavy atom. The van der Waals surface area contributed by atoms with Crippen molar-refractivity contribution in [2.75, 3.05) is 9.80 Å². The molecule has 1 aliphatic heterocycles. The van der Waals surface area contributed by atoms with Crippen LogP contribution in [-0.4, -0.2) is 14.1 Å².